The molecule has 2 heteroatoms. The summed E-state index contributed by atoms with van der Waals surface area (Å²) < 4.78 is 5.91. The van der Waals surface area contributed by atoms with E-state index in [2.05, 4.69) is 19.1 Å². The van der Waals surface area contributed by atoms with E-state index in [4.69, 9.17) is 16.0 Å². The normalized spacial score (nSPS) is 30.0. The van der Waals surface area contributed by atoms with Crippen LogP contribution in [0.4, 0.5) is 0 Å². The molecule has 0 bridgehead atoms. The van der Waals surface area contributed by atoms with Gasteiger partial charge in [0.25, 0.3) is 0 Å². The van der Waals surface area contributed by atoms with E-state index in [-0.39, 0.29) is 0 Å². The average Bonchev–Trinajstić information content (AvgIpc) is 2.84. The minimum Gasteiger partial charge on any atom is -0.461 e. The van der Waals surface area contributed by atoms with Crippen molar-refractivity contribution in [3.05, 3.63) is 36.1 Å². The van der Waals surface area contributed by atoms with E-state index in [1.54, 1.807) is 0 Å². The highest BCUT2D eigenvalue weighted by atomic mass is 35.5. The van der Waals surface area contributed by atoms with Gasteiger partial charge in [0.2, 0.25) is 0 Å². The van der Waals surface area contributed by atoms with E-state index in [0.29, 0.717) is 17.2 Å². The van der Waals surface area contributed by atoms with Gasteiger partial charge in [-0.3, -0.25) is 0 Å². The molecule has 1 heterocycles. The minimum atomic E-state index is 0.304. The van der Waals surface area contributed by atoms with Crippen LogP contribution in [0.1, 0.15) is 31.4 Å². The lowest BCUT2D eigenvalue weighted by molar-refractivity contribution is 0.434. The summed E-state index contributed by atoms with van der Waals surface area (Å²) in [6.07, 6.45) is 2.25. The van der Waals surface area contributed by atoms with E-state index in [1.807, 2.05) is 18.2 Å². The molecule has 1 aliphatic rings. The Hall–Kier alpha value is -0.950. The number of benzene rings is 1. The molecular weight excluding hydrogens is 220 g/mol. The predicted molar refractivity (Wildman–Crippen MR) is 67.0 cm³/mol. The van der Waals surface area contributed by atoms with Crippen LogP contribution < -0.4 is 0 Å². The molecule has 0 aliphatic heterocycles. The van der Waals surface area contributed by atoms with Crippen molar-refractivity contribution >= 4 is 22.6 Å². The van der Waals surface area contributed by atoms with Gasteiger partial charge in [-0.25, -0.2) is 0 Å². The van der Waals surface area contributed by atoms with E-state index < -0.39 is 0 Å². The molecule has 1 fully saturated rings. The van der Waals surface area contributed by atoms with Crippen LogP contribution in [0.2, 0.25) is 0 Å². The fourth-order valence-corrected chi connectivity index (χ4v) is 3.00. The Morgan fingerprint density at radius 3 is 2.75 bits per heavy atom. The highest BCUT2D eigenvalue weighted by Crippen LogP contribution is 2.43. The van der Waals surface area contributed by atoms with Crippen LogP contribution in [0.3, 0.4) is 0 Å². The van der Waals surface area contributed by atoms with Crippen molar-refractivity contribution < 1.29 is 4.42 Å². The first kappa shape index (κ1) is 10.2. The molecule has 84 valence electrons. The van der Waals surface area contributed by atoms with Crippen LogP contribution in [-0.4, -0.2) is 5.38 Å². The van der Waals surface area contributed by atoms with Crippen molar-refractivity contribution in [1.82, 2.24) is 0 Å². The molecule has 3 rings (SSSR count). The standard InChI is InChI=1S/C14H15ClO/c1-9-11(6-7-12(9)15)14-8-10-4-2-3-5-13(10)16-14/h2-5,8-9,11-12H,6-7H2,1H3. The summed E-state index contributed by atoms with van der Waals surface area (Å²) in [6.45, 7) is 2.22. The number of hydrogen-bond acceptors (Lipinski definition) is 1. The van der Waals surface area contributed by atoms with E-state index in [9.17, 15) is 0 Å². The quantitative estimate of drug-likeness (QED) is 0.660. The maximum atomic E-state index is 6.26. The first-order chi connectivity index (χ1) is 7.75. The molecule has 0 saturated heterocycles. The van der Waals surface area contributed by atoms with Gasteiger partial charge in [0.05, 0.1) is 0 Å². The third-order valence-electron chi connectivity index (χ3n) is 3.77. The van der Waals surface area contributed by atoms with Crippen molar-refractivity contribution in [2.45, 2.75) is 31.1 Å². The molecule has 3 unspecified atom stereocenters. The zero-order valence-electron chi connectivity index (χ0n) is 9.32. The van der Waals surface area contributed by atoms with Gasteiger partial charge in [0, 0.05) is 16.7 Å². The summed E-state index contributed by atoms with van der Waals surface area (Å²) in [7, 11) is 0. The maximum Gasteiger partial charge on any atom is 0.134 e. The second-order valence-electron chi connectivity index (χ2n) is 4.75. The van der Waals surface area contributed by atoms with Crippen molar-refractivity contribution in [3.63, 3.8) is 0 Å². The number of para-hydroxylation sites is 1. The average molecular weight is 235 g/mol. The smallest absolute Gasteiger partial charge is 0.134 e. The van der Waals surface area contributed by atoms with E-state index >= 15 is 0 Å². The first-order valence-electron chi connectivity index (χ1n) is 5.88. The van der Waals surface area contributed by atoms with E-state index in [0.717, 1.165) is 24.2 Å². The summed E-state index contributed by atoms with van der Waals surface area (Å²) in [6, 6.07) is 10.4. The molecule has 0 radical (unpaired) electrons. The van der Waals surface area contributed by atoms with Gasteiger partial charge in [0.15, 0.2) is 0 Å². The van der Waals surface area contributed by atoms with Crippen LogP contribution in [-0.2, 0) is 0 Å². The fourth-order valence-electron chi connectivity index (χ4n) is 2.70. The van der Waals surface area contributed by atoms with Crippen molar-refractivity contribution in [2.24, 2.45) is 5.92 Å². The number of rotatable bonds is 1. The molecule has 1 aromatic heterocycles. The molecular formula is C14H15ClO. The molecule has 0 spiro atoms. The monoisotopic (exact) mass is 234 g/mol. The molecule has 0 N–H and O–H groups in total. The fraction of sp³-hybridized carbons (Fsp3) is 0.429. The topological polar surface area (TPSA) is 13.1 Å². The summed E-state index contributed by atoms with van der Waals surface area (Å²) >= 11 is 6.26. The van der Waals surface area contributed by atoms with E-state index in [1.165, 1.54) is 5.39 Å². The lowest BCUT2D eigenvalue weighted by Crippen LogP contribution is -2.08. The minimum absolute atomic E-state index is 0.304. The zero-order valence-corrected chi connectivity index (χ0v) is 10.1. The summed E-state index contributed by atoms with van der Waals surface area (Å²) in [5.74, 6) is 2.12. The van der Waals surface area contributed by atoms with Crippen LogP contribution in [0.5, 0.6) is 0 Å². The van der Waals surface area contributed by atoms with Crippen molar-refractivity contribution in [3.8, 4) is 0 Å². The Morgan fingerprint density at radius 1 is 1.25 bits per heavy atom. The number of hydrogen-bond donors (Lipinski definition) is 0. The van der Waals surface area contributed by atoms with Crippen LogP contribution in [0, 0.1) is 5.92 Å². The predicted octanol–water partition coefficient (Wildman–Crippen LogP) is 4.55. The van der Waals surface area contributed by atoms with Crippen LogP contribution >= 0.6 is 11.6 Å². The molecule has 1 aliphatic carbocycles. The Labute approximate surface area is 100 Å². The van der Waals surface area contributed by atoms with Gasteiger partial charge < -0.3 is 4.42 Å². The summed E-state index contributed by atoms with van der Waals surface area (Å²) in [4.78, 5) is 0. The third kappa shape index (κ3) is 1.54. The lowest BCUT2D eigenvalue weighted by atomic mass is 9.95. The van der Waals surface area contributed by atoms with Gasteiger partial charge in [-0.2, -0.15) is 0 Å². The first-order valence-corrected chi connectivity index (χ1v) is 6.32. The molecule has 1 saturated carbocycles. The number of alkyl halides is 1. The van der Waals surface area contributed by atoms with Crippen molar-refractivity contribution in [1.29, 1.82) is 0 Å². The molecule has 3 atom stereocenters. The molecule has 1 nitrogen and oxygen atoms in total. The second-order valence-corrected chi connectivity index (χ2v) is 5.31. The van der Waals surface area contributed by atoms with Gasteiger partial charge in [-0.1, -0.05) is 25.1 Å². The van der Waals surface area contributed by atoms with Gasteiger partial charge in [-0.05, 0) is 30.9 Å². The Kier molecular flexibility index (Phi) is 2.44. The van der Waals surface area contributed by atoms with Crippen molar-refractivity contribution in [2.75, 3.05) is 0 Å². The lowest BCUT2D eigenvalue weighted by Gasteiger charge is -2.14. The van der Waals surface area contributed by atoms with Crippen LogP contribution in [0.25, 0.3) is 11.0 Å². The highest BCUT2D eigenvalue weighted by molar-refractivity contribution is 6.21. The van der Waals surface area contributed by atoms with Crippen LogP contribution in [0.15, 0.2) is 34.7 Å². The third-order valence-corrected chi connectivity index (χ3v) is 4.38. The second kappa shape index (κ2) is 3.81. The molecule has 1 aromatic carbocycles. The summed E-state index contributed by atoms with van der Waals surface area (Å²) in [5.41, 5.74) is 0.989. The zero-order chi connectivity index (χ0) is 11.1. The number of halogens is 1. The highest BCUT2D eigenvalue weighted by Gasteiger charge is 2.34. The largest absolute Gasteiger partial charge is 0.461 e. The molecule has 2 aromatic rings. The number of furan rings is 1. The van der Waals surface area contributed by atoms with Gasteiger partial charge >= 0.3 is 0 Å². The SMILES string of the molecule is CC1C(Cl)CCC1c1cc2ccccc2o1. The maximum absolute atomic E-state index is 6.26. The molecule has 16 heavy (non-hydrogen) atoms. The van der Waals surface area contributed by atoms with Gasteiger partial charge in [-0.15, -0.1) is 11.6 Å². The summed E-state index contributed by atoms with van der Waals surface area (Å²) in [5, 5.41) is 1.50. The Bertz CT molecular complexity index is 469. The number of fused-ring (bicyclic) bond motifs is 1. The Balaban J connectivity index is 2.00. The Morgan fingerprint density at radius 2 is 2.06 bits per heavy atom. The van der Waals surface area contributed by atoms with Gasteiger partial charge in [0.1, 0.15) is 11.3 Å². The molecule has 0 amide bonds.